The highest BCUT2D eigenvalue weighted by atomic mass is 79.9. The van der Waals surface area contributed by atoms with Crippen LogP contribution in [0.1, 0.15) is 18.4 Å². The van der Waals surface area contributed by atoms with Crippen molar-refractivity contribution in [3.05, 3.63) is 28.2 Å². The highest BCUT2D eigenvalue weighted by Crippen LogP contribution is 2.34. The molecule has 1 aromatic carbocycles. The molecular weight excluding hydrogens is 280 g/mol. The third kappa shape index (κ3) is 3.21. The van der Waals surface area contributed by atoms with E-state index in [0.717, 1.165) is 17.6 Å². The molecule has 2 rings (SSSR count). The first-order valence-corrected chi connectivity index (χ1v) is 6.86. The third-order valence-corrected chi connectivity index (χ3v) is 3.55. The number of nitrogens with one attached hydrogen (secondary N) is 1. The molecule has 94 valence electrons. The first-order chi connectivity index (χ1) is 8.26. The summed E-state index contributed by atoms with van der Waals surface area (Å²) in [5, 5.41) is 12.4. The Hall–Kier alpha value is -0.580. The summed E-state index contributed by atoms with van der Waals surface area (Å²) in [6.45, 7) is 1.79. The average molecular weight is 299 g/mol. The van der Waals surface area contributed by atoms with E-state index in [2.05, 4.69) is 44.3 Å². The fraction of sp³-hybridized carbons (Fsp3) is 0.538. The zero-order valence-corrected chi connectivity index (χ0v) is 11.7. The van der Waals surface area contributed by atoms with E-state index in [1.54, 1.807) is 0 Å². The molecule has 0 aliphatic heterocycles. The smallest absolute Gasteiger partial charge is 0.0606 e. The van der Waals surface area contributed by atoms with Gasteiger partial charge >= 0.3 is 0 Å². The van der Waals surface area contributed by atoms with Gasteiger partial charge in [-0.05, 0) is 37.6 Å². The largest absolute Gasteiger partial charge is 0.395 e. The van der Waals surface area contributed by atoms with Crippen LogP contribution >= 0.6 is 15.9 Å². The molecule has 0 saturated heterocycles. The van der Waals surface area contributed by atoms with Crippen molar-refractivity contribution in [2.45, 2.75) is 25.4 Å². The second-order valence-corrected chi connectivity index (χ2v) is 5.37. The molecule has 0 spiro atoms. The standard InChI is InChI=1S/C13H19BrN2O/c1-15-9-10-2-3-11(14)8-13(10)16(6-7-17)12-4-5-12/h2-3,8,12,15,17H,4-7,9H2,1H3. The Morgan fingerprint density at radius 2 is 2.24 bits per heavy atom. The molecular formula is C13H19BrN2O. The first-order valence-electron chi connectivity index (χ1n) is 6.06. The highest BCUT2D eigenvalue weighted by molar-refractivity contribution is 9.10. The van der Waals surface area contributed by atoms with E-state index in [-0.39, 0.29) is 6.61 Å². The van der Waals surface area contributed by atoms with Crippen LogP contribution in [0.15, 0.2) is 22.7 Å². The normalized spacial score (nSPS) is 15.0. The van der Waals surface area contributed by atoms with Gasteiger partial charge in [0.25, 0.3) is 0 Å². The van der Waals surface area contributed by atoms with Crippen molar-refractivity contribution in [2.24, 2.45) is 0 Å². The molecule has 1 aliphatic carbocycles. The van der Waals surface area contributed by atoms with E-state index >= 15 is 0 Å². The van der Waals surface area contributed by atoms with E-state index in [1.807, 2.05) is 7.05 Å². The van der Waals surface area contributed by atoms with Gasteiger partial charge < -0.3 is 15.3 Å². The Kier molecular flexibility index (Phi) is 4.42. The van der Waals surface area contributed by atoms with Gasteiger partial charge in [0.05, 0.1) is 6.61 Å². The van der Waals surface area contributed by atoms with Crippen LogP contribution in [-0.4, -0.2) is 31.3 Å². The lowest BCUT2D eigenvalue weighted by Crippen LogP contribution is -2.30. The molecule has 0 heterocycles. The van der Waals surface area contributed by atoms with Gasteiger partial charge in [0.2, 0.25) is 0 Å². The Labute approximate surface area is 111 Å². The lowest BCUT2D eigenvalue weighted by molar-refractivity contribution is 0.301. The first kappa shape index (κ1) is 12.9. The number of halogens is 1. The van der Waals surface area contributed by atoms with E-state index in [0.29, 0.717) is 6.04 Å². The van der Waals surface area contributed by atoms with Gasteiger partial charge in [0.15, 0.2) is 0 Å². The zero-order chi connectivity index (χ0) is 12.3. The SMILES string of the molecule is CNCc1ccc(Br)cc1N(CCO)C1CC1. The minimum atomic E-state index is 0.210. The maximum Gasteiger partial charge on any atom is 0.0606 e. The van der Waals surface area contributed by atoms with Crippen LogP contribution < -0.4 is 10.2 Å². The predicted octanol–water partition coefficient (Wildman–Crippen LogP) is 2.13. The van der Waals surface area contributed by atoms with E-state index in [9.17, 15) is 5.11 Å². The number of nitrogens with zero attached hydrogens (tertiary/aromatic N) is 1. The summed E-state index contributed by atoms with van der Waals surface area (Å²) in [7, 11) is 1.96. The summed E-state index contributed by atoms with van der Waals surface area (Å²) >= 11 is 3.53. The predicted molar refractivity (Wildman–Crippen MR) is 74.4 cm³/mol. The minimum Gasteiger partial charge on any atom is -0.395 e. The third-order valence-electron chi connectivity index (χ3n) is 3.05. The summed E-state index contributed by atoms with van der Waals surface area (Å²) < 4.78 is 1.09. The molecule has 0 radical (unpaired) electrons. The molecule has 1 saturated carbocycles. The number of anilines is 1. The van der Waals surface area contributed by atoms with Gasteiger partial charge in [0, 0.05) is 29.3 Å². The Bertz CT molecular complexity index is 380. The quantitative estimate of drug-likeness (QED) is 0.845. The molecule has 4 heteroatoms. The fourth-order valence-corrected chi connectivity index (χ4v) is 2.49. The van der Waals surface area contributed by atoms with Crippen LogP contribution in [0.3, 0.4) is 0 Å². The van der Waals surface area contributed by atoms with Crippen molar-refractivity contribution >= 4 is 21.6 Å². The number of aliphatic hydroxyl groups is 1. The van der Waals surface area contributed by atoms with Gasteiger partial charge in [-0.3, -0.25) is 0 Å². The molecule has 0 bridgehead atoms. The van der Waals surface area contributed by atoms with Crippen molar-refractivity contribution in [1.29, 1.82) is 0 Å². The van der Waals surface area contributed by atoms with Crippen molar-refractivity contribution in [2.75, 3.05) is 25.1 Å². The van der Waals surface area contributed by atoms with Crippen LogP contribution in [0.4, 0.5) is 5.69 Å². The Balaban J connectivity index is 2.28. The summed E-state index contributed by atoms with van der Waals surface area (Å²) in [5.41, 5.74) is 2.53. The molecule has 17 heavy (non-hydrogen) atoms. The van der Waals surface area contributed by atoms with Crippen LogP contribution in [-0.2, 0) is 6.54 Å². The van der Waals surface area contributed by atoms with Gasteiger partial charge in [-0.1, -0.05) is 22.0 Å². The van der Waals surface area contributed by atoms with Gasteiger partial charge in [0.1, 0.15) is 0 Å². The molecule has 0 amide bonds. The summed E-state index contributed by atoms with van der Waals surface area (Å²) in [4.78, 5) is 2.33. The fourth-order valence-electron chi connectivity index (χ4n) is 2.14. The molecule has 2 N–H and O–H groups in total. The number of benzene rings is 1. The van der Waals surface area contributed by atoms with Crippen LogP contribution in [0, 0.1) is 0 Å². The van der Waals surface area contributed by atoms with Crippen molar-refractivity contribution in [1.82, 2.24) is 5.32 Å². The van der Waals surface area contributed by atoms with Crippen molar-refractivity contribution in [3.63, 3.8) is 0 Å². The molecule has 0 unspecified atom stereocenters. The maximum atomic E-state index is 9.20. The molecule has 1 aromatic rings. The van der Waals surface area contributed by atoms with Gasteiger partial charge in [-0.15, -0.1) is 0 Å². The molecule has 1 fully saturated rings. The van der Waals surface area contributed by atoms with Gasteiger partial charge in [-0.2, -0.15) is 0 Å². The summed E-state index contributed by atoms with van der Waals surface area (Å²) in [5.74, 6) is 0. The molecule has 1 aliphatic rings. The van der Waals surface area contributed by atoms with Crippen LogP contribution in [0.5, 0.6) is 0 Å². The Morgan fingerprint density at radius 3 is 2.82 bits per heavy atom. The number of aliphatic hydroxyl groups excluding tert-OH is 1. The summed E-state index contributed by atoms with van der Waals surface area (Å²) in [6.07, 6.45) is 2.48. The van der Waals surface area contributed by atoms with Crippen LogP contribution in [0.25, 0.3) is 0 Å². The average Bonchev–Trinajstić information content (AvgIpc) is 3.13. The number of hydrogen-bond donors (Lipinski definition) is 2. The molecule has 3 nitrogen and oxygen atoms in total. The van der Waals surface area contributed by atoms with Crippen molar-refractivity contribution < 1.29 is 5.11 Å². The highest BCUT2D eigenvalue weighted by Gasteiger charge is 2.29. The monoisotopic (exact) mass is 298 g/mol. The van der Waals surface area contributed by atoms with E-state index < -0.39 is 0 Å². The molecule has 0 aromatic heterocycles. The van der Waals surface area contributed by atoms with Crippen LogP contribution in [0.2, 0.25) is 0 Å². The zero-order valence-electron chi connectivity index (χ0n) is 10.1. The Morgan fingerprint density at radius 1 is 1.47 bits per heavy atom. The van der Waals surface area contributed by atoms with E-state index in [1.165, 1.54) is 24.1 Å². The molecule has 0 atom stereocenters. The van der Waals surface area contributed by atoms with Gasteiger partial charge in [-0.25, -0.2) is 0 Å². The maximum absolute atomic E-state index is 9.20. The summed E-state index contributed by atoms with van der Waals surface area (Å²) in [6, 6.07) is 6.98. The lowest BCUT2D eigenvalue weighted by atomic mass is 10.1. The second-order valence-electron chi connectivity index (χ2n) is 4.45. The minimum absolute atomic E-state index is 0.210. The second kappa shape index (κ2) is 5.85. The number of rotatable bonds is 6. The van der Waals surface area contributed by atoms with E-state index in [4.69, 9.17) is 0 Å². The topological polar surface area (TPSA) is 35.5 Å². The van der Waals surface area contributed by atoms with Crippen molar-refractivity contribution in [3.8, 4) is 0 Å². The number of hydrogen-bond acceptors (Lipinski definition) is 3. The lowest BCUT2D eigenvalue weighted by Gasteiger charge is -2.26.